The normalized spacial score (nSPS) is 12.0. The van der Waals surface area contributed by atoms with Gasteiger partial charge in [-0.15, -0.1) is 0 Å². The third kappa shape index (κ3) is 3.65. The number of amides is 1. The van der Waals surface area contributed by atoms with Crippen LogP contribution >= 0.6 is 0 Å². The molecule has 0 fully saturated rings. The van der Waals surface area contributed by atoms with Crippen molar-refractivity contribution < 1.29 is 26.7 Å². The average Bonchev–Trinajstić information content (AvgIpc) is 3.24. The van der Waals surface area contributed by atoms with Crippen molar-refractivity contribution in [2.75, 3.05) is 5.32 Å². The Morgan fingerprint density at radius 3 is 2.66 bits per heavy atom. The summed E-state index contributed by atoms with van der Waals surface area (Å²) in [7, 11) is 0. The van der Waals surface area contributed by atoms with E-state index in [2.05, 4.69) is 15.4 Å². The molecule has 4 rings (SSSR count). The Labute approximate surface area is 160 Å². The highest BCUT2D eigenvalue weighted by Crippen LogP contribution is 2.27. The molecule has 10 heteroatoms. The molecule has 1 amide bonds. The van der Waals surface area contributed by atoms with Crippen LogP contribution in [0.3, 0.4) is 0 Å². The van der Waals surface area contributed by atoms with Gasteiger partial charge in [0.2, 0.25) is 0 Å². The van der Waals surface area contributed by atoms with E-state index < -0.39 is 30.1 Å². The van der Waals surface area contributed by atoms with E-state index in [9.17, 15) is 26.7 Å². The molecule has 0 radical (unpaired) electrons. The van der Waals surface area contributed by atoms with Gasteiger partial charge >= 0.3 is 6.18 Å². The van der Waals surface area contributed by atoms with Crippen molar-refractivity contribution in [3.8, 4) is 0 Å². The predicted octanol–water partition coefficient (Wildman–Crippen LogP) is 5.00. The lowest BCUT2D eigenvalue weighted by Crippen LogP contribution is -2.13. The number of carbonyl (C=O) groups is 1. The van der Waals surface area contributed by atoms with Crippen molar-refractivity contribution >= 4 is 33.4 Å². The standard InChI is InChI=1S/C19H13F5N4O/c20-13-6-11-15(7-14(13)21)25-9-16(11)27-18(29)10-2-1-3-17-12(10)8-26-28(17)5-4-19(22,23)24/h1-3,6-9,25H,4-5H2,(H,27,29). The first kappa shape index (κ1) is 18.9. The number of aromatic amines is 1. The van der Waals surface area contributed by atoms with Crippen LogP contribution in [0.25, 0.3) is 21.8 Å². The Balaban J connectivity index is 1.64. The van der Waals surface area contributed by atoms with Crippen molar-refractivity contribution in [3.63, 3.8) is 0 Å². The summed E-state index contributed by atoms with van der Waals surface area (Å²) >= 11 is 0. The Morgan fingerprint density at radius 1 is 1.14 bits per heavy atom. The quantitative estimate of drug-likeness (QED) is 0.467. The number of nitrogens with one attached hydrogen (secondary N) is 2. The van der Waals surface area contributed by atoms with E-state index in [0.717, 1.165) is 12.1 Å². The molecule has 0 spiro atoms. The predicted molar refractivity (Wildman–Crippen MR) is 96.6 cm³/mol. The number of carbonyl (C=O) groups excluding carboxylic acids is 1. The zero-order chi connectivity index (χ0) is 20.8. The second kappa shape index (κ2) is 6.87. The molecule has 150 valence electrons. The van der Waals surface area contributed by atoms with Crippen molar-refractivity contribution in [1.29, 1.82) is 0 Å². The number of alkyl halides is 3. The fourth-order valence-electron chi connectivity index (χ4n) is 3.12. The minimum absolute atomic E-state index is 0.192. The van der Waals surface area contributed by atoms with Gasteiger partial charge in [0.1, 0.15) is 0 Å². The van der Waals surface area contributed by atoms with Gasteiger partial charge in [0.05, 0.1) is 41.4 Å². The molecule has 2 N–H and O–H groups in total. The molecule has 2 aromatic heterocycles. The van der Waals surface area contributed by atoms with E-state index >= 15 is 0 Å². The largest absolute Gasteiger partial charge is 0.390 e. The van der Waals surface area contributed by atoms with Crippen LogP contribution in [0.2, 0.25) is 0 Å². The van der Waals surface area contributed by atoms with Gasteiger partial charge in [-0.2, -0.15) is 18.3 Å². The monoisotopic (exact) mass is 408 g/mol. The van der Waals surface area contributed by atoms with Gasteiger partial charge in [0.25, 0.3) is 5.91 Å². The summed E-state index contributed by atoms with van der Waals surface area (Å²) in [6, 6.07) is 6.55. The number of benzene rings is 2. The number of anilines is 1. The molecule has 2 heterocycles. The van der Waals surface area contributed by atoms with E-state index in [4.69, 9.17) is 0 Å². The lowest BCUT2D eigenvalue weighted by atomic mass is 10.1. The minimum Gasteiger partial charge on any atom is -0.359 e. The molecular weight excluding hydrogens is 395 g/mol. The van der Waals surface area contributed by atoms with Gasteiger partial charge < -0.3 is 10.3 Å². The first-order valence-corrected chi connectivity index (χ1v) is 8.52. The van der Waals surface area contributed by atoms with Crippen LogP contribution in [0.15, 0.2) is 42.7 Å². The second-order valence-electron chi connectivity index (χ2n) is 6.44. The van der Waals surface area contributed by atoms with Crippen LogP contribution in [0.4, 0.5) is 27.6 Å². The van der Waals surface area contributed by atoms with Gasteiger partial charge in [-0.1, -0.05) is 6.07 Å². The summed E-state index contributed by atoms with van der Waals surface area (Å²) in [5, 5.41) is 7.22. The number of aromatic nitrogens is 3. The molecule has 0 saturated heterocycles. The van der Waals surface area contributed by atoms with Crippen LogP contribution in [-0.4, -0.2) is 26.8 Å². The Kier molecular flexibility index (Phi) is 4.48. The topological polar surface area (TPSA) is 62.7 Å². The Morgan fingerprint density at radius 2 is 1.90 bits per heavy atom. The number of aryl methyl sites for hydroxylation is 1. The van der Waals surface area contributed by atoms with E-state index in [1.54, 1.807) is 6.07 Å². The highest BCUT2D eigenvalue weighted by Gasteiger charge is 2.27. The molecule has 0 aliphatic rings. The van der Waals surface area contributed by atoms with Gasteiger partial charge in [0, 0.05) is 23.0 Å². The summed E-state index contributed by atoms with van der Waals surface area (Å²) in [4.78, 5) is 15.5. The molecular formula is C19H13F5N4O. The lowest BCUT2D eigenvalue weighted by molar-refractivity contribution is -0.137. The summed E-state index contributed by atoms with van der Waals surface area (Å²) in [5.41, 5.74) is 1.12. The molecule has 0 aliphatic carbocycles. The van der Waals surface area contributed by atoms with Crippen LogP contribution in [-0.2, 0) is 6.54 Å². The van der Waals surface area contributed by atoms with Gasteiger partial charge in [-0.05, 0) is 18.2 Å². The number of hydrogen-bond donors (Lipinski definition) is 2. The van der Waals surface area contributed by atoms with E-state index in [-0.39, 0.29) is 23.2 Å². The minimum atomic E-state index is -4.32. The van der Waals surface area contributed by atoms with Crippen LogP contribution in [0.5, 0.6) is 0 Å². The molecule has 29 heavy (non-hydrogen) atoms. The number of nitrogens with zero attached hydrogens (tertiary/aromatic N) is 2. The van der Waals surface area contributed by atoms with Crippen molar-refractivity contribution in [1.82, 2.24) is 14.8 Å². The fraction of sp³-hybridized carbons (Fsp3) is 0.158. The number of halogens is 5. The SMILES string of the molecule is O=C(Nc1c[nH]c2cc(F)c(F)cc12)c1cccc2c1cnn2CCC(F)(F)F. The number of rotatable bonds is 4. The summed E-state index contributed by atoms with van der Waals surface area (Å²) < 4.78 is 65.5. The zero-order valence-electron chi connectivity index (χ0n) is 14.6. The fourth-order valence-corrected chi connectivity index (χ4v) is 3.12. The highest BCUT2D eigenvalue weighted by molar-refractivity contribution is 6.14. The molecule has 0 atom stereocenters. The first-order chi connectivity index (χ1) is 13.7. The van der Waals surface area contributed by atoms with E-state index in [1.807, 2.05) is 0 Å². The molecule has 0 unspecified atom stereocenters. The second-order valence-corrected chi connectivity index (χ2v) is 6.44. The summed E-state index contributed by atoms with van der Waals surface area (Å²) in [6.45, 7) is -0.370. The van der Waals surface area contributed by atoms with E-state index in [0.29, 0.717) is 16.4 Å². The van der Waals surface area contributed by atoms with Crippen LogP contribution in [0, 0.1) is 11.6 Å². The number of fused-ring (bicyclic) bond motifs is 2. The molecule has 4 aromatic rings. The maximum atomic E-state index is 13.5. The zero-order valence-corrected chi connectivity index (χ0v) is 14.6. The third-order valence-corrected chi connectivity index (χ3v) is 4.51. The van der Waals surface area contributed by atoms with Crippen molar-refractivity contribution in [2.24, 2.45) is 0 Å². The van der Waals surface area contributed by atoms with Gasteiger partial charge in [0.15, 0.2) is 11.6 Å². The lowest BCUT2D eigenvalue weighted by Gasteiger charge is -2.08. The molecule has 0 bridgehead atoms. The highest BCUT2D eigenvalue weighted by atomic mass is 19.4. The van der Waals surface area contributed by atoms with Crippen LogP contribution < -0.4 is 5.32 Å². The molecule has 2 aromatic carbocycles. The summed E-state index contributed by atoms with van der Waals surface area (Å²) in [5.74, 6) is -2.63. The number of hydrogen-bond acceptors (Lipinski definition) is 2. The van der Waals surface area contributed by atoms with Gasteiger partial charge in [-0.3, -0.25) is 9.48 Å². The summed E-state index contributed by atoms with van der Waals surface area (Å²) in [6.07, 6.45) is -2.64. The molecule has 5 nitrogen and oxygen atoms in total. The first-order valence-electron chi connectivity index (χ1n) is 8.52. The smallest absolute Gasteiger partial charge is 0.359 e. The van der Waals surface area contributed by atoms with Gasteiger partial charge in [-0.25, -0.2) is 8.78 Å². The van der Waals surface area contributed by atoms with E-state index in [1.165, 1.54) is 29.2 Å². The Hall–Kier alpha value is -3.43. The Bertz CT molecular complexity index is 1220. The number of H-pyrrole nitrogens is 1. The van der Waals surface area contributed by atoms with Crippen LogP contribution in [0.1, 0.15) is 16.8 Å². The van der Waals surface area contributed by atoms with Crippen molar-refractivity contribution in [2.45, 2.75) is 19.1 Å². The molecule has 0 aliphatic heterocycles. The average molecular weight is 408 g/mol. The van der Waals surface area contributed by atoms with Crippen molar-refractivity contribution in [3.05, 3.63) is 59.9 Å². The maximum Gasteiger partial charge on any atom is 0.390 e. The molecule has 0 saturated carbocycles. The maximum absolute atomic E-state index is 13.5. The third-order valence-electron chi connectivity index (χ3n) is 4.51.